The number of anilines is 3. The molecule has 1 aliphatic rings. The van der Waals surface area contributed by atoms with E-state index in [1.807, 2.05) is 25.2 Å². The Hall–Kier alpha value is -3.30. The minimum atomic E-state index is 0.745. The molecule has 0 unspecified atom stereocenters. The van der Waals surface area contributed by atoms with Gasteiger partial charge in [0.1, 0.15) is 12.9 Å². The van der Waals surface area contributed by atoms with Crippen LogP contribution in [0, 0.1) is 0 Å². The zero-order valence-electron chi connectivity index (χ0n) is 16.4. The molecule has 0 saturated carbocycles. The van der Waals surface area contributed by atoms with Crippen molar-refractivity contribution < 1.29 is 4.57 Å². The minimum absolute atomic E-state index is 0.745. The third-order valence-electron chi connectivity index (χ3n) is 5.48. The molecule has 1 aliphatic heterocycles. The van der Waals surface area contributed by atoms with Crippen molar-refractivity contribution in [2.24, 2.45) is 7.05 Å². The Morgan fingerprint density at radius 3 is 2.38 bits per heavy atom. The first-order valence-corrected chi connectivity index (χ1v) is 9.99. The fourth-order valence-electron chi connectivity index (χ4n) is 4.01. The first kappa shape index (κ1) is 17.8. The lowest BCUT2D eigenvalue weighted by atomic mass is 10.1. The summed E-state index contributed by atoms with van der Waals surface area (Å²) in [5, 5.41) is 1.92. The second kappa shape index (κ2) is 6.94. The Morgan fingerprint density at radius 2 is 1.59 bits per heavy atom. The van der Waals surface area contributed by atoms with Gasteiger partial charge in [0.2, 0.25) is 5.52 Å². The van der Waals surface area contributed by atoms with Gasteiger partial charge in [0, 0.05) is 29.9 Å². The highest BCUT2D eigenvalue weighted by molar-refractivity contribution is 6.31. The molecule has 2 heterocycles. The standard InChI is InChI=1S/C25H21ClN3/c1-27-15-14-18(21-13-12-19(26)17-24(21)27)16-25-28(2)22-10-6-7-11-23(22)29(25)20-8-4-3-5-9-20/h3-17H,1-2H3/q+1. The van der Waals surface area contributed by atoms with Crippen LogP contribution in [0.5, 0.6) is 0 Å². The number of aromatic nitrogens is 1. The Labute approximate surface area is 175 Å². The normalized spacial score (nSPS) is 14.7. The molecule has 0 spiro atoms. The molecule has 0 bridgehead atoms. The second-order valence-electron chi connectivity index (χ2n) is 7.26. The van der Waals surface area contributed by atoms with Crippen molar-refractivity contribution in [2.45, 2.75) is 0 Å². The summed E-state index contributed by atoms with van der Waals surface area (Å²) in [5.41, 5.74) is 5.78. The van der Waals surface area contributed by atoms with Gasteiger partial charge in [-0.2, -0.15) is 0 Å². The highest BCUT2D eigenvalue weighted by atomic mass is 35.5. The van der Waals surface area contributed by atoms with Gasteiger partial charge in [-0.15, -0.1) is 0 Å². The van der Waals surface area contributed by atoms with Crippen LogP contribution in [0.15, 0.2) is 90.9 Å². The van der Waals surface area contributed by atoms with E-state index in [2.05, 4.69) is 94.4 Å². The predicted octanol–water partition coefficient (Wildman–Crippen LogP) is 5.90. The zero-order chi connectivity index (χ0) is 20.0. The maximum Gasteiger partial charge on any atom is 0.214 e. The van der Waals surface area contributed by atoms with Crippen molar-refractivity contribution in [3.63, 3.8) is 0 Å². The van der Waals surface area contributed by atoms with Crippen LogP contribution in [0.4, 0.5) is 17.1 Å². The van der Waals surface area contributed by atoms with Gasteiger partial charge in [-0.1, -0.05) is 41.9 Å². The number of halogens is 1. The molecule has 3 nitrogen and oxygen atoms in total. The van der Waals surface area contributed by atoms with Crippen LogP contribution in [-0.4, -0.2) is 7.05 Å². The maximum atomic E-state index is 6.26. The van der Waals surface area contributed by atoms with Gasteiger partial charge in [0.15, 0.2) is 6.20 Å². The Bertz CT molecular complexity index is 1250. The number of para-hydroxylation sites is 3. The van der Waals surface area contributed by atoms with E-state index in [1.165, 1.54) is 16.8 Å². The average molecular weight is 399 g/mol. The van der Waals surface area contributed by atoms with E-state index in [-0.39, 0.29) is 0 Å². The first-order valence-electron chi connectivity index (χ1n) is 9.61. The molecule has 0 amide bonds. The molecule has 0 atom stereocenters. The summed E-state index contributed by atoms with van der Waals surface area (Å²) in [5.74, 6) is 1.11. The molecule has 1 aromatic heterocycles. The van der Waals surface area contributed by atoms with E-state index in [1.54, 1.807) is 0 Å². The Kier molecular flexibility index (Phi) is 4.26. The first-order chi connectivity index (χ1) is 14.1. The molecule has 0 N–H and O–H groups in total. The predicted molar refractivity (Wildman–Crippen MR) is 122 cm³/mol. The van der Waals surface area contributed by atoms with Crippen LogP contribution in [0.25, 0.3) is 17.0 Å². The van der Waals surface area contributed by atoms with E-state index in [0.717, 1.165) is 27.6 Å². The number of hydrogen-bond donors (Lipinski definition) is 0. The smallest absolute Gasteiger partial charge is 0.214 e. The molecule has 0 saturated heterocycles. The highest BCUT2D eigenvalue weighted by Gasteiger charge is 2.30. The largest absolute Gasteiger partial charge is 0.329 e. The molecule has 0 aliphatic carbocycles. The summed E-state index contributed by atoms with van der Waals surface area (Å²) in [6.07, 6.45) is 4.34. The van der Waals surface area contributed by atoms with Crippen LogP contribution >= 0.6 is 11.6 Å². The van der Waals surface area contributed by atoms with Crippen molar-refractivity contribution >= 4 is 45.6 Å². The summed E-state index contributed by atoms with van der Waals surface area (Å²) in [4.78, 5) is 4.56. The van der Waals surface area contributed by atoms with Gasteiger partial charge in [-0.05, 0) is 48.0 Å². The van der Waals surface area contributed by atoms with Crippen molar-refractivity contribution in [1.29, 1.82) is 0 Å². The van der Waals surface area contributed by atoms with Crippen molar-refractivity contribution in [3.8, 4) is 0 Å². The number of aryl methyl sites for hydroxylation is 1. The molecule has 5 rings (SSSR count). The van der Waals surface area contributed by atoms with Gasteiger partial charge in [0.25, 0.3) is 0 Å². The van der Waals surface area contributed by atoms with Crippen molar-refractivity contribution in [2.75, 3.05) is 16.8 Å². The van der Waals surface area contributed by atoms with Gasteiger partial charge >= 0.3 is 0 Å². The summed E-state index contributed by atoms with van der Waals surface area (Å²) < 4.78 is 2.10. The fourth-order valence-corrected chi connectivity index (χ4v) is 4.18. The third kappa shape index (κ3) is 2.95. The summed E-state index contributed by atoms with van der Waals surface area (Å²) in [6, 6.07) is 27.2. The van der Waals surface area contributed by atoms with Crippen molar-refractivity contribution in [3.05, 3.63) is 101 Å². The number of hydrogen-bond acceptors (Lipinski definition) is 2. The SMILES string of the molecule is CN1/C(=C\c2cc[n+](C)c3cc(Cl)ccc23)N(c2ccccc2)c2ccccc21. The van der Waals surface area contributed by atoms with E-state index in [0.29, 0.717) is 0 Å². The lowest BCUT2D eigenvalue weighted by Gasteiger charge is -2.23. The Balaban J connectivity index is 1.74. The molecule has 0 radical (unpaired) electrons. The van der Waals surface area contributed by atoms with Crippen LogP contribution in [0.3, 0.4) is 0 Å². The lowest BCUT2D eigenvalue weighted by molar-refractivity contribution is -0.644. The number of rotatable bonds is 2. The average Bonchev–Trinajstić information content (AvgIpc) is 3.03. The molecule has 142 valence electrons. The number of nitrogens with zero attached hydrogens (tertiary/aromatic N) is 3. The number of fused-ring (bicyclic) bond motifs is 2. The van der Waals surface area contributed by atoms with E-state index < -0.39 is 0 Å². The second-order valence-corrected chi connectivity index (χ2v) is 7.70. The lowest BCUT2D eigenvalue weighted by Crippen LogP contribution is -2.28. The van der Waals surface area contributed by atoms with Crippen LogP contribution < -0.4 is 14.4 Å². The summed E-state index contributed by atoms with van der Waals surface area (Å²) in [7, 11) is 4.17. The van der Waals surface area contributed by atoms with E-state index in [4.69, 9.17) is 11.6 Å². The zero-order valence-corrected chi connectivity index (χ0v) is 17.1. The third-order valence-corrected chi connectivity index (χ3v) is 5.72. The van der Waals surface area contributed by atoms with E-state index >= 15 is 0 Å². The summed E-state index contributed by atoms with van der Waals surface area (Å²) in [6.45, 7) is 0. The molecule has 0 fully saturated rings. The maximum absolute atomic E-state index is 6.26. The monoisotopic (exact) mass is 398 g/mol. The van der Waals surface area contributed by atoms with Gasteiger partial charge in [-0.25, -0.2) is 4.57 Å². The van der Waals surface area contributed by atoms with Gasteiger partial charge in [0.05, 0.1) is 16.8 Å². The fraction of sp³-hybridized carbons (Fsp3) is 0.0800. The Morgan fingerprint density at radius 1 is 0.862 bits per heavy atom. The number of pyridine rings is 1. The molecule has 3 aromatic carbocycles. The van der Waals surface area contributed by atoms with Crippen LogP contribution in [0.1, 0.15) is 5.56 Å². The summed E-state index contributed by atoms with van der Waals surface area (Å²) >= 11 is 6.26. The molecule has 29 heavy (non-hydrogen) atoms. The van der Waals surface area contributed by atoms with Crippen molar-refractivity contribution in [1.82, 2.24) is 0 Å². The molecule has 4 heteroatoms. The van der Waals surface area contributed by atoms with E-state index in [9.17, 15) is 0 Å². The molecule has 4 aromatic rings. The van der Waals surface area contributed by atoms with Gasteiger partial charge < -0.3 is 4.90 Å². The minimum Gasteiger partial charge on any atom is -0.329 e. The molecular weight excluding hydrogens is 378 g/mol. The van der Waals surface area contributed by atoms with Gasteiger partial charge in [-0.3, -0.25) is 4.90 Å². The quantitative estimate of drug-likeness (QED) is 0.389. The van der Waals surface area contributed by atoms with Crippen LogP contribution in [-0.2, 0) is 7.05 Å². The highest BCUT2D eigenvalue weighted by Crippen LogP contribution is 2.45. The van der Waals surface area contributed by atoms with Crippen LogP contribution in [0.2, 0.25) is 5.02 Å². The molecular formula is C25H21ClN3+. The topological polar surface area (TPSA) is 10.4 Å². The number of benzene rings is 3.